The van der Waals surface area contributed by atoms with Gasteiger partial charge in [0.15, 0.2) is 0 Å². The Morgan fingerprint density at radius 3 is 2.30 bits per heavy atom. The number of thiophene rings is 1. The summed E-state index contributed by atoms with van der Waals surface area (Å²) >= 11 is 1.78. The summed E-state index contributed by atoms with van der Waals surface area (Å²) in [6.07, 6.45) is -0.145. The number of benzene rings is 1. The minimum absolute atomic E-state index is 0.189. The summed E-state index contributed by atoms with van der Waals surface area (Å²) in [6, 6.07) is 10.4. The largest absolute Gasteiger partial charge is 0.491 e. The molecule has 2 rings (SSSR count). The fraction of sp³-hybridized carbons (Fsp3) is 0.474. The van der Waals surface area contributed by atoms with Crippen LogP contribution in [0, 0.1) is 6.92 Å². The highest BCUT2D eigenvalue weighted by Gasteiger charge is 2.12. The number of aryl methyl sites for hydroxylation is 1. The van der Waals surface area contributed by atoms with Gasteiger partial charge < -0.3 is 9.84 Å². The zero-order valence-electron chi connectivity index (χ0n) is 14.5. The van der Waals surface area contributed by atoms with Crippen LogP contribution in [-0.4, -0.2) is 28.8 Å². The Hall–Kier alpha value is -1.36. The summed E-state index contributed by atoms with van der Waals surface area (Å²) in [7, 11) is 0. The van der Waals surface area contributed by atoms with E-state index in [4.69, 9.17) is 4.74 Å². The van der Waals surface area contributed by atoms with E-state index in [1.165, 1.54) is 16.0 Å². The van der Waals surface area contributed by atoms with Crippen molar-refractivity contribution < 1.29 is 9.84 Å². The van der Waals surface area contributed by atoms with Crippen LogP contribution in [0.1, 0.15) is 36.8 Å². The highest BCUT2D eigenvalue weighted by atomic mass is 32.1. The number of rotatable bonds is 8. The van der Waals surface area contributed by atoms with Gasteiger partial charge in [-0.1, -0.05) is 12.1 Å². The van der Waals surface area contributed by atoms with E-state index in [0.717, 1.165) is 18.8 Å². The third-order valence-electron chi connectivity index (χ3n) is 3.56. The molecule has 0 aliphatic rings. The minimum atomic E-state index is -0.334. The first kappa shape index (κ1) is 18.0. The summed E-state index contributed by atoms with van der Waals surface area (Å²) < 4.78 is 5.69. The van der Waals surface area contributed by atoms with Crippen molar-refractivity contribution in [3.05, 3.63) is 51.7 Å². The molecular formula is C19H27NO2S. The smallest absolute Gasteiger partial charge is 0.119 e. The molecule has 0 bridgehead atoms. The Balaban J connectivity index is 2.03. The molecule has 1 N–H and O–H groups in total. The highest BCUT2D eigenvalue weighted by Crippen LogP contribution is 2.20. The van der Waals surface area contributed by atoms with Crippen LogP contribution in [0.2, 0.25) is 0 Å². The summed E-state index contributed by atoms with van der Waals surface area (Å²) in [5.74, 6) is 0.903. The van der Waals surface area contributed by atoms with Crippen LogP contribution in [0.4, 0.5) is 0 Å². The molecule has 0 spiro atoms. The minimum Gasteiger partial charge on any atom is -0.491 e. The summed E-state index contributed by atoms with van der Waals surface area (Å²) in [6.45, 7) is 10.4. The molecule has 0 radical (unpaired) electrons. The molecule has 126 valence electrons. The first-order chi connectivity index (χ1) is 10.9. The van der Waals surface area contributed by atoms with E-state index >= 15 is 0 Å². The first-order valence-corrected chi connectivity index (χ1v) is 9.01. The number of aliphatic hydroxyl groups excluding tert-OH is 1. The monoisotopic (exact) mass is 333 g/mol. The Morgan fingerprint density at radius 2 is 1.78 bits per heavy atom. The van der Waals surface area contributed by atoms with Crippen molar-refractivity contribution in [3.8, 4) is 5.75 Å². The van der Waals surface area contributed by atoms with Gasteiger partial charge in [0.2, 0.25) is 0 Å². The molecule has 2 aromatic rings. The topological polar surface area (TPSA) is 32.7 Å². The lowest BCUT2D eigenvalue weighted by molar-refractivity contribution is 0.118. The van der Waals surface area contributed by atoms with E-state index in [9.17, 15) is 5.11 Å². The van der Waals surface area contributed by atoms with Crippen molar-refractivity contribution in [2.24, 2.45) is 0 Å². The van der Waals surface area contributed by atoms with Gasteiger partial charge in [0.05, 0.1) is 12.2 Å². The SMILES string of the molecule is Cc1ccsc1CN(Cc1ccc(OC(C)C)cc1)CC(C)O. The molecule has 0 aliphatic heterocycles. The molecule has 0 amide bonds. The van der Waals surface area contributed by atoms with E-state index in [0.29, 0.717) is 6.54 Å². The lowest BCUT2D eigenvalue weighted by Gasteiger charge is -2.24. The fourth-order valence-corrected chi connectivity index (χ4v) is 3.48. The van der Waals surface area contributed by atoms with Gasteiger partial charge in [-0.15, -0.1) is 11.3 Å². The average molecular weight is 333 g/mol. The van der Waals surface area contributed by atoms with Gasteiger partial charge in [0, 0.05) is 24.5 Å². The second kappa shape index (κ2) is 8.48. The summed E-state index contributed by atoms with van der Waals surface area (Å²) in [5.41, 5.74) is 2.56. The van der Waals surface area contributed by atoms with Gasteiger partial charge in [0.25, 0.3) is 0 Å². The maximum atomic E-state index is 9.78. The molecule has 23 heavy (non-hydrogen) atoms. The summed E-state index contributed by atoms with van der Waals surface area (Å²) in [5, 5.41) is 11.9. The maximum absolute atomic E-state index is 9.78. The van der Waals surface area contributed by atoms with Crippen molar-refractivity contribution in [2.75, 3.05) is 6.54 Å². The number of aliphatic hydroxyl groups is 1. The van der Waals surface area contributed by atoms with Crippen LogP contribution in [0.3, 0.4) is 0 Å². The highest BCUT2D eigenvalue weighted by molar-refractivity contribution is 7.10. The van der Waals surface area contributed by atoms with Crippen LogP contribution >= 0.6 is 11.3 Å². The normalized spacial score (nSPS) is 12.8. The van der Waals surface area contributed by atoms with Crippen molar-refractivity contribution in [3.63, 3.8) is 0 Å². The molecular weight excluding hydrogens is 306 g/mol. The third-order valence-corrected chi connectivity index (χ3v) is 4.57. The molecule has 0 aliphatic carbocycles. The van der Waals surface area contributed by atoms with Crippen molar-refractivity contribution in [1.29, 1.82) is 0 Å². The van der Waals surface area contributed by atoms with Crippen LogP contribution in [0.5, 0.6) is 5.75 Å². The first-order valence-electron chi connectivity index (χ1n) is 8.13. The Labute approximate surface area is 143 Å². The Morgan fingerprint density at radius 1 is 1.09 bits per heavy atom. The van der Waals surface area contributed by atoms with Crippen LogP contribution in [0.15, 0.2) is 35.7 Å². The Kier molecular flexibility index (Phi) is 6.63. The van der Waals surface area contributed by atoms with Crippen LogP contribution < -0.4 is 4.74 Å². The summed E-state index contributed by atoms with van der Waals surface area (Å²) in [4.78, 5) is 3.66. The number of hydrogen-bond donors (Lipinski definition) is 1. The second-order valence-electron chi connectivity index (χ2n) is 6.36. The van der Waals surface area contributed by atoms with Crippen LogP contribution in [0.25, 0.3) is 0 Å². The standard InChI is InChI=1S/C19H27NO2S/c1-14(2)22-18-7-5-17(6-8-18)12-20(11-16(4)21)13-19-15(3)9-10-23-19/h5-10,14,16,21H,11-13H2,1-4H3. The van der Waals surface area contributed by atoms with E-state index < -0.39 is 0 Å². The van der Waals surface area contributed by atoms with Gasteiger partial charge >= 0.3 is 0 Å². The molecule has 1 heterocycles. The zero-order chi connectivity index (χ0) is 16.8. The molecule has 4 heteroatoms. The second-order valence-corrected chi connectivity index (χ2v) is 7.36. The van der Waals surface area contributed by atoms with Crippen molar-refractivity contribution in [1.82, 2.24) is 4.90 Å². The third kappa shape index (κ3) is 5.98. The molecule has 1 aromatic heterocycles. The van der Waals surface area contributed by atoms with Gasteiger partial charge in [-0.2, -0.15) is 0 Å². The number of nitrogens with zero attached hydrogens (tertiary/aromatic N) is 1. The van der Waals surface area contributed by atoms with Gasteiger partial charge in [-0.05, 0) is 62.4 Å². The molecule has 0 saturated heterocycles. The quantitative estimate of drug-likeness (QED) is 0.785. The van der Waals surface area contributed by atoms with E-state index in [2.05, 4.69) is 35.4 Å². The van der Waals surface area contributed by atoms with E-state index in [1.54, 1.807) is 11.3 Å². The maximum Gasteiger partial charge on any atom is 0.119 e. The predicted octanol–water partition coefficient (Wildman–Crippen LogP) is 4.23. The van der Waals surface area contributed by atoms with Gasteiger partial charge in [-0.3, -0.25) is 4.90 Å². The van der Waals surface area contributed by atoms with E-state index in [-0.39, 0.29) is 12.2 Å². The molecule has 1 unspecified atom stereocenters. The molecule has 0 fully saturated rings. The van der Waals surface area contributed by atoms with Gasteiger partial charge in [-0.25, -0.2) is 0 Å². The average Bonchev–Trinajstić information content (AvgIpc) is 2.85. The molecule has 0 saturated carbocycles. The lowest BCUT2D eigenvalue weighted by atomic mass is 10.2. The lowest BCUT2D eigenvalue weighted by Crippen LogP contribution is -2.30. The molecule has 3 nitrogen and oxygen atoms in total. The zero-order valence-corrected chi connectivity index (χ0v) is 15.3. The van der Waals surface area contributed by atoms with Crippen molar-refractivity contribution >= 4 is 11.3 Å². The number of hydrogen-bond acceptors (Lipinski definition) is 4. The van der Waals surface area contributed by atoms with Crippen LogP contribution in [-0.2, 0) is 13.1 Å². The fourth-order valence-electron chi connectivity index (χ4n) is 2.53. The predicted molar refractivity (Wildman–Crippen MR) is 97.1 cm³/mol. The Bertz CT molecular complexity index is 590. The number of ether oxygens (including phenoxy) is 1. The van der Waals surface area contributed by atoms with Crippen molar-refractivity contribution in [2.45, 2.75) is 53.0 Å². The molecule has 1 atom stereocenters. The van der Waals surface area contributed by atoms with Gasteiger partial charge in [0.1, 0.15) is 5.75 Å². The molecule has 1 aromatic carbocycles. The van der Waals surface area contributed by atoms with E-state index in [1.807, 2.05) is 32.9 Å².